The van der Waals surface area contributed by atoms with Gasteiger partial charge in [0.1, 0.15) is 0 Å². The van der Waals surface area contributed by atoms with Gasteiger partial charge in [-0.2, -0.15) is 5.26 Å². The number of nitrogen functional groups attached to an aromatic ring is 1. The minimum atomic E-state index is -2.15. The van der Waals surface area contributed by atoms with E-state index in [1.54, 1.807) is 12.1 Å². The van der Waals surface area contributed by atoms with Crippen LogP contribution in [0.4, 0.5) is 5.69 Å². The van der Waals surface area contributed by atoms with Crippen molar-refractivity contribution < 1.29 is 9.22 Å². The molecule has 28 heavy (non-hydrogen) atoms. The first kappa shape index (κ1) is 22.7. The lowest BCUT2D eigenvalue weighted by Crippen LogP contribution is -2.64. The highest BCUT2D eigenvalue weighted by Crippen LogP contribution is 2.44. The number of nitrogens with zero attached hydrogens (tertiary/aromatic N) is 1. The molecule has 8 heteroatoms. The topological polar surface area (TPSA) is 100 Å². The maximum absolute atomic E-state index is 12.2. The number of carbonyl (C=O) groups is 1. The molecule has 0 saturated carbocycles. The molecule has 0 aromatic heterocycles. The van der Waals surface area contributed by atoms with Crippen molar-refractivity contribution in [3.8, 4) is 6.07 Å². The molecule has 1 aliphatic rings. The Bertz CT molecular complexity index is 801. The zero-order chi connectivity index (χ0) is 21.3. The normalized spacial score (nSPS) is 23.1. The number of benzene rings is 1. The molecule has 154 valence electrons. The minimum Gasteiger partial charge on any atom is -0.410 e. The van der Waals surface area contributed by atoms with Gasteiger partial charge in [0.05, 0.1) is 34.0 Å². The number of nitrogens with one attached hydrogen (secondary N) is 2. The van der Waals surface area contributed by atoms with Gasteiger partial charge >= 0.3 is 0 Å². The van der Waals surface area contributed by atoms with Crippen LogP contribution in [0.2, 0.25) is 23.2 Å². The summed E-state index contributed by atoms with van der Waals surface area (Å²) in [4.78, 5) is 12.2. The van der Waals surface area contributed by atoms with Crippen molar-refractivity contribution in [3.63, 3.8) is 0 Å². The average molecular weight is 423 g/mol. The Morgan fingerprint density at radius 2 is 2.11 bits per heavy atom. The van der Waals surface area contributed by atoms with Crippen LogP contribution in [0.25, 0.3) is 0 Å². The number of nitriles is 1. The van der Waals surface area contributed by atoms with E-state index in [0.717, 1.165) is 0 Å². The molecule has 0 unspecified atom stereocenters. The predicted octanol–water partition coefficient (Wildman–Crippen LogP) is 3.51. The summed E-state index contributed by atoms with van der Waals surface area (Å²) in [5, 5.41) is 16.3. The maximum atomic E-state index is 12.2. The van der Waals surface area contributed by atoms with Crippen molar-refractivity contribution in [1.29, 1.82) is 5.26 Å². The first-order valence-electron chi connectivity index (χ1n) is 9.51. The standard InChI is InChI=1S/C20H31ClN4O2Si/c1-13(26)25-20(15-9-14(11-22)10-16(23)18(15)21)7-8-24-12-17(20)27-28(5,6)19(2,3)4/h9-10,17,24H,7-8,12,23H2,1-6H3,(H,25,26)/t17-,20-/m1/s1. The van der Waals surface area contributed by atoms with Gasteiger partial charge in [-0.3, -0.25) is 4.79 Å². The highest BCUT2D eigenvalue weighted by molar-refractivity contribution is 6.74. The minimum absolute atomic E-state index is 0.00371. The fraction of sp³-hybridized carbons (Fsp3) is 0.600. The number of carbonyl (C=O) groups excluding carboxylic acids is 1. The molecule has 2 atom stereocenters. The van der Waals surface area contributed by atoms with Gasteiger partial charge in [-0.05, 0) is 43.2 Å². The van der Waals surface area contributed by atoms with Gasteiger partial charge in [0.2, 0.25) is 5.91 Å². The zero-order valence-electron chi connectivity index (χ0n) is 17.6. The van der Waals surface area contributed by atoms with Crippen LogP contribution in [0.1, 0.15) is 45.2 Å². The summed E-state index contributed by atoms with van der Waals surface area (Å²) in [7, 11) is -2.15. The molecule has 1 saturated heterocycles. The number of piperidine rings is 1. The molecule has 0 spiro atoms. The van der Waals surface area contributed by atoms with Crippen LogP contribution in [0, 0.1) is 11.3 Å². The first-order valence-corrected chi connectivity index (χ1v) is 12.8. The Morgan fingerprint density at radius 1 is 1.46 bits per heavy atom. The molecule has 1 heterocycles. The highest BCUT2D eigenvalue weighted by Gasteiger charge is 2.50. The Labute approximate surface area is 173 Å². The van der Waals surface area contributed by atoms with E-state index in [4.69, 9.17) is 21.8 Å². The molecule has 0 radical (unpaired) electrons. The van der Waals surface area contributed by atoms with Crippen molar-refractivity contribution in [3.05, 3.63) is 28.3 Å². The smallest absolute Gasteiger partial charge is 0.217 e. The van der Waals surface area contributed by atoms with Crippen molar-refractivity contribution in [2.75, 3.05) is 18.8 Å². The fourth-order valence-corrected chi connectivity index (χ4v) is 5.02. The van der Waals surface area contributed by atoms with E-state index in [1.165, 1.54) is 6.92 Å². The van der Waals surface area contributed by atoms with Gasteiger partial charge in [-0.15, -0.1) is 0 Å². The van der Waals surface area contributed by atoms with E-state index in [1.807, 2.05) is 0 Å². The van der Waals surface area contributed by atoms with E-state index in [9.17, 15) is 10.1 Å². The third-order valence-corrected chi connectivity index (χ3v) is 10.8. The fourth-order valence-electron chi connectivity index (χ4n) is 3.40. The summed E-state index contributed by atoms with van der Waals surface area (Å²) in [6.07, 6.45) is 0.247. The molecule has 0 bridgehead atoms. The summed E-state index contributed by atoms with van der Waals surface area (Å²) in [5.74, 6) is -0.178. The second kappa shape index (κ2) is 8.03. The van der Waals surface area contributed by atoms with E-state index < -0.39 is 13.9 Å². The maximum Gasteiger partial charge on any atom is 0.217 e. The van der Waals surface area contributed by atoms with Crippen LogP contribution in [0.15, 0.2) is 12.1 Å². The van der Waals surface area contributed by atoms with Crippen LogP contribution in [-0.2, 0) is 14.8 Å². The van der Waals surface area contributed by atoms with Gasteiger partial charge in [0, 0.05) is 19.0 Å². The van der Waals surface area contributed by atoms with Crippen LogP contribution in [0.5, 0.6) is 0 Å². The average Bonchev–Trinajstić information content (AvgIpc) is 2.57. The second-order valence-electron chi connectivity index (χ2n) is 9.01. The van der Waals surface area contributed by atoms with E-state index in [-0.39, 0.29) is 17.0 Å². The number of amides is 1. The van der Waals surface area contributed by atoms with Crippen molar-refractivity contribution in [2.45, 2.75) is 63.9 Å². The van der Waals surface area contributed by atoms with Crippen LogP contribution >= 0.6 is 11.6 Å². The Morgan fingerprint density at radius 3 is 2.64 bits per heavy atom. The molecule has 1 fully saturated rings. The SMILES string of the molecule is CC(=O)N[C@@]1(c2cc(C#N)cc(N)c2Cl)CCNC[C@H]1O[Si](C)(C)C(C)(C)C. The van der Waals surface area contributed by atoms with E-state index >= 15 is 0 Å². The Kier molecular flexibility index (Phi) is 6.51. The summed E-state index contributed by atoms with van der Waals surface area (Å²) in [5.41, 5.74) is 6.61. The predicted molar refractivity (Wildman–Crippen MR) is 116 cm³/mol. The molecule has 6 nitrogen and oxygen atoms in total. The van der Waals surface area contributed by atoms with E-state index in [0.29, 0.717) is 41.3 Å². The number of rotatable bonds is 4. The third-order valence-electron chi connectivity index (χ3n) is 5.93. The van der Waals surface area contributed by atoms with Crippen LogP contribution in [-0.4, -0.2) is 33.4 Å². The van der Waals surface area contributed by atoms with E-state index in [2.05, 4.69) is 50.6 Å². The molecule has 1 aliphatic heterocycles. The van der Waals surface area contributed by atoms with Gasteiger partial charge in [-0.25, -0.2) is 0 Å². The molecular weight excluding hydrogens is 392 g/mol. The van der Waals surface area contributed by atoms with Crippen molar-refractivity contribution in [1.82, 2.24) is 10.6 Å². The van der Waals surface area contributed by atoms with Crippen LogP contribution < -0.4 is 16.4 Å². The second-order valence-corrected chi connectivity index (χ2v) is 14.1. The number of nitrogens with two attached hydrogens (primary N) is 1. The number of anilines is 1. The van der Waals surface area contributed by atoms with Crippen molar-refractivity contribution in [2.24, 2.45) is 0 Å². The Balaban J connectivity index is 2.66. The molecular formula is C20H31ClN4O2Si. The summed E-state index contributed by atoms with van der Waals surface area (Å²) < 4.78 is 6.76. The largest absolute Gasteiger partial charge is 0.410 e. The Hall–Kier alpha value is -1.59. The third kappa shape index (κ3) is 4.36. The number of hydrogen-bond acceptors (Lipinski definition) is 5. The lowest BCUT2D eigenvalue weighted by molar-refractivity contribution is -0.123. The first-order chi connectivity index (χ1) is 12.8. The molecule has 1 aromatic carbocycles. The molecule has 0 aliphatic carbocycles. The summed E-state index contributed by atoms with van der Waals surface area (Å²) in [6, 6.07) is 5.41. The quantitative estimate of drug-likeness (QED) is 0.509. The lowest BCUT2D eigenvalue weighted by Gasteiger charge is -2.50. The van der Waals surface area contributed by atoms with Crippen molar-refractivity contribution >= 4 is 31.5 Å². The molecule has 4 N–H and O–H groups in total. The number of halogens is 1. The molecule has 1 amide bonds. The van der Waals surface area contributed by atoms with Gasteiger partial charge < -0.3 is 20.8 Å². The number of hydrogen-bond donors (Lipinski definition) is 3. The van der Waals surface area contributed by atoms with Gasteiger partial charge in [0.15, 0.2) is 8.32 Å². The van der Waals surface area contributed by atoms with Gasteiger partial charge in [0.25, 0.3) is 0 Å². The van der Waals surface area contributed by atoms with Crippen LogP contribution in [0.3, 0.4) is 0 Å². The van der Waals surface area contributed by atoms with Gasteiger partial charge in [-0.1, -0.05) is 32.4 Å². The highest BCUT2D eigenvalue weighted by atomic mass is 35.5. The molecule has 2 rings (SSSR count). The summed E-state index contributed by atoms with van der Waals surface area (Å²) in [6.45, 7) is 13.6. The molecule has 1 aromatic rings. The zero-order valence-corrected chi connectivity index (χ0v) is 19.3. The lowest BCUT2D eigenvalue weighted by atomic mass is 9.78. The summed E-state index contributed by atoms with van der Waals surface area (Å²) >= 11 is 6.60. The monoisotopic (exact) mass is 422 g/mol.